The van der Waals surface area contributed by atoms with Gasteiger partial charge in [-0.3, -0.25) is 4.79 Å². The Bertz CT molecular complexity index is 778. The van der Waals surface area contributed by atoms with E-state index in [9.17, 15) is 9.59 Å². The second kappa shape index (κ2) is 6.60. The third-order valence-electron chi connectivity index (χ3n) is 8.10. The SMILES string of the molecule is CCOC(=O)C1(NC(=O)C23CCCC4CC(CC4C2)C3)Cc2ccccc2C1. The molecule has 1 aromatic carbocycles. The number of nitrogens with one attached hydrogen (secondary N) is 1. The molecule has 3 fully saturated rings. The maximum atomic E-state index is 13.7. The van der Waals surface area contributed by atoms with E-state index in [1.54, 1.807) is 0 Å². The van der Waals surface area contributed by atoms with Crippen LogP contribution in [0, 0.1) is 23.2 Å². The third kappa shape index (κ3) is 2.79. The minimum Gasteiger partial charge on any atom is -0.464 e. The van der Waals surface area contributed by atoms with Crippen LogP contribution in [0.1, 0.15) is 63.0 Å². The van der Waals surface area contributed by atoms with Gasteiger partial charge in [-0.1, -0.05) is 37.1 Å². The number of ether oxygens (including phenoxy) is 1. The highest BCUT2D eigenvalue weighted by Crippen LogP contribution is 2.59. The van der Waals surface area contributed by atoms with Crippen molar-refractivity contribution < 1.29 is 14.3 Å². The van der Waals surface area contributed by atoms with Crippen LogP contribution < -0.4 is 5.32 Å². The third-order valence-corrected chi connectivity index (χ3v) is 8.10. The van der Waals surface area contributed by atoms with Crippen molar-refractivity contribution >= 4 is 11.9 Å². The van der Waals surface area contributed by atoms with Gasteiger partial charge in [0.2, 0.25) is 5.91 Å². The molecule has 1 N–H and O–H groups in total. The predicted molar refractivity (Wildman–Crippen MR) is 107 cm³/mol. The summed E-state index contributed by atoms with van der Waals surface area (Å²) >= 11 is 0. The van der Waals surface area contributed by atoms with E-state index in [2.05, 4.69) is 17.4 Å². The quantitative estimate of drug-likeness (QED) is 0.807. The molecule has 1 amide bonds. The molecule has 4 aliphatic carbocycles. The van der Waals surface area contributed by atoms with Crippen molar-refractivity contribution in [2.24, 2.45) is 23.2 Å². The van der Waals surface area contributed by atoms with Crippen molar-refractivity contribution in [2.45, 2.75) is 70.3 Å². The molecular formula is C24H31NO3. The number of carbonyl (C=O) groups excluding carboxylic acids is 2. The fourth-order valence-electron chi connectivity index (χ4n) is 6.97. The average Bonchev–Trinajstić information content (AvgIpc) is 3.14. The van der Waals surface area contributed by atoms with Gasteiger partial charge in [-0.25, -0.2) is 4.79 Å². The van der Waals surface area contributed by atoms with Crippen LogP contribution in [0.5, 0.6) is 0 Å². The molecule has 28 heavy (non-hydrogen) atoms. The van der Waals surface area contributed by atoms with Gasteiger partial charge in [-0.15, -0.1) is 0 Å². The van der Waals surface area contributed by atoms with Crippen molar-refractivity contribution in [3.05, 3.63) is 35.4 Å². The lowest BCUT2D eigenvalue weighted by atomic mass is 9.66. The molecule has 4 heteroatoms. The van der Waals surface area contributed by atoms with Gasteiger partial charge in [0.25, 0.3) is 0 Å². The van der Waals surface area contributed by atoms with Crippen molar-refractivity contribution in [3.8, 4) is 0 Å². The van der Waals surface area contributed by atoms with Crippen molar-refractivity contribution in [3.63, 3.8) is 0 Å². The highest BCUT2D eigenvalue weighted by atomic mass is 16.5. The number of esters is 1. The summed E-state index contributed by atoms with van der Waals surface area (Å²) in [6.07, 6.45) is 9.15. The van der Waals surface area contributed by atoms with E-state index >= 15 is 0 Å². The van der Waals surface area contributed by atoms with E-state index < -0.39 is 5.54 Å². The highest BCUT2D eigenvalue weighted by molar-refractivity contribution is 5.92. The highest BCUT2D eigenvalue weighted by Gasteiger charge is 2.55. The molecule has 1 aromatic rings. The van der Waals surface area contributed by atoms with Gasteiger partial charge in [-0.05, 0) is 67.9 Å². The molecule has 3 bridgehead atoms. The number of rotatable bonds is 4. The zero-order chi connectivity index (χ0) is 19.4. The molecule has 4 unspecified atom stereocenters. The van der Waals surface area contributed by atoms with Crippen LogP contribution in [-0.4, -0.2) is 24.0 Å². The van der Waals surface area contributed by atoms with Crippen LogP contribution in [0.3, 0.4) is 0 Å². The molecule has 4 aliphatic rings. The van der Waals surface area contributed by atoms with Crippen LogP contribution in [0.4, 0.5) is 0 Å². The lowest BCUT2D eigenvalue weighted by Gasteiger charge is -2.41. The molecule has 3 saturated carbocycles. The average molecular weight is 382 g/mol. The molecule has 4 nitrogen and oxygen atoms in total. The van der Waals surface area contributed by atoms with Crippen LogP contribution >= 0.6 is 0 Å². The fraction of sp³-hybridized carbons (Fsp3) is 0.667. The topological polar surface area (TPSA) is 55.4 Å². The van der Waals surface area contributed by atoms with E-state index in [0.29, 0.717) is 31.3 Å². The standard InChI is InChI=1S/C24H31NO3/c1-2-28-22(27)24(14-18-6-3-4-7-19(18)15-24)25-21(26)23-9-5-8-17-10-16(12-23)11-20(17)13-23/h3-4,6-7,16-17,20H,2,5,8-15H2,1H3,(H,25,26). The van der Waals surface area contributed by atoms with Gasteiger partial charge in [0.15, 0.2) is 0 Å². The number of carbonyl (C=O) groups is 2. The van der Waals surface area contributed by atoms with E-state index in [4.69, 9.17) is 4.74 Å². The Labute approximate surface area is 167 Å². The van der Waals surface area contributed by atoms with Crippen LogP contribution in [-0.2, 0) is 27.2 Å². The number of fused-ring (bicyclic) bond motifs is 3. The lowest BCUT2D eigenvalue weighted by Crippen LogP contribution is -2.60. The summed E-state index contributed by atoms with van der Waals surface area (Å²) in [4.78, 5) is 26.8. The first-order valence-corrected chi connectivity index (χ1v) is 11.1. The van der Waals surface area contributed by atoms with Gasteiger partial charge in [0, 0.05) is 18.3 Å². The summed E-state index contributed by atoms with van der Waals surface area (Å²) in [5.74, 6) is 2.09. The van der Waals surface area contributed by atoms with E-state index in [-0.39, 0.29) is 17.3 Å². The zero-order valence-corrected chi connectivity index (χ0v) is 16.8. The fourth-order valence-corrected chi connectivity index (χ4v) is 6.97. The first-order valence-electron chi connectivity index (χ1n) is 11.1. The summed E-state index contributed by atoms with van der Waals surface area (Å²) < 4.78 is 5.45. The van der Waals surface area contributed by atoms with Crippen LogP contribution in [0.25, 0.3) is 0 Å². The predicted octanol–water partition coefficient (Wildman–Crippen LogP) is 3.81. The number of hydrogen-bond donors (Lipinski definition) is 1. The number of benzene rings is 1. The Morgan fingerprint density at radius 3 is 2.54 bits per heavy atom. The Kier molecular flexibility index (Phi) is 4.29. The molecule has 5 rings (SSSR count). The first-order chi connectivity index (χ1) is 13.5. The molecule has 150 valence electrons. The smallest absolute Gasteiger partial charge is 0.332 e. The van der Waals surface area contributed by atoms with E-state index in [0.717, 1.165) is 42.7 Å². The van der Waals surface area contributed by atoms with Crippen LogP contribution in [0.15, 0.2) is 24.3 Å². The van der Waals surface area contributed by atoms with E-state index in [1.807, 2.05) is 19.1 Å². The first kappa shape index (κ1) is 18.2. The Balaban J connectivity index is 1.43. The molecule has 0 heterocycles. The second-order valence-electron chi connectivity index (χ2n) is 9.82. The van der Waals surface area contributed by atoms with Gasteiger partial charge in [-0.2, -0.15) is 0 Å². The van der Waals surface area contributed by atoms with Crippen molar-refractivity contribution in [1.29, 1.82) is 0 Å². The number of amides is 1. The number of hydrogen-bond acceptors (Lipinski definition) is 3. The Morgan fingerprint density at radius 2 is 1.82 bits per heavy atom. The van der Waals surface area contributed by atoms with Gasteiger partial charge < -0.3 is 10.1 Å². The Morgan fingerprint density at radius 1 is 1.11 bits per heavy atom. The normalized spacial score (nSPS) is 34.5. The van der Waals surface area contributed by atoms with Gasteiger partial charge in [0.1, 0.15) is 5.54 Å². The second-order valence-corrected chi connectivity index (χ2v) is 9.82. The Hall–Kier alpha value is -1.84. The monoisotopic (exact) mass is 381 g/mol. The zero-order valence-electron chi connectivity index (χ0n) is 16.8. The minimum absolute atomic E-state index is 0.116. The minimum atomic E-state index is -0.937. The lowest BCUT2D eigenvalue weighted by molar-refractivity contribution is -0.155. The molecule has 0 aromatic heterocycles. The maximum absolute atomic E-state index is 13.7. The molecule has 4 atom stereocenters. The largest absolute Gasteiger partial charge is 0.464 e. The molecule has 0 saturated heterocycles. The van der Waals surface area contributed by atoms with Gasteiger partial charge >= 0.3 is 5.97 Å². The van der Waals surface area contributed by atoms with E-state index in [1.165, 1.54) is 19.3 Å². The maximum Gasteiger partial charge on any atom is 0.332 e. The van der Waals surface area contributed by atoms with Crippen LogP contribution in [0.2, 0.25) is 0 Å². The molecular weight excluding hydrogens is 350 g/mol. The van der Waals surface area contributed by atoms with Crippen molar-refractivity contribution in [1.82, 2.24) is 5.32 Å². The van der Waals surface area contributed by atoms with Gasteiger partial charge in [0.05, 0.1) is 6.61 Å². The summed E-state index contributed by atoms with van der Waals surface area (Å²) in [5.41, 5.74) is 1.09. The summed E-state index contributed by atoms with van der Waals surface area (Å²) in [6, 6.07) is 8.14. The summed E-state index contributed by atoms with van der Waals surface area (Å²) in [7, 11) is 0. The summed E-state index contributed by atoms with van der Waals surface area (Å²) in [5, 5.41) is 3.29. The molecule has 0 spiro atoms. The summed E-state index contributed by atoms with van der Waals surface area (Å²) in [6.45, 7) is 2.17. The molecule has 0 aliphatic heterocycles. The van der Waals surface area contributed by atoms with Crippen molar-refractivity contribution in [2.75, 3.05) is 6.61 Å². The molecule has 0 radical (unpaired) electrons.